The fraction of sp³-hybridized carbons (Fsp3) is 0.727. The van der Waals surface area contributed by atoms with Crippen molar-refractivity contribution in [1.82, 2.24) is 15.1 Å². The predicted octanol–water partition coefficient (Wildman–Crippen LogP) is 1.44. The van der Waals surface area contributed by atoms with Crippen molar-refractivity contribution in [2.75, 3.05) is 19.7 Å². The highest BCUT2D eigenvalue weighted by molar-refractivity contribution is 5.47. The van der Waals surface area contributed by atoms with Crippen LogP contribution >= 0.6 is 0 Å². The molecule has 1 rings (SSSR count). The van der Waals surface area contributed by atoms with E-state index in [1.165, 1.54) is 4.68 Å². The average molecular weight is 256 g/mol. The van der Waals surface area contributed by atoms with Crippen molar-refractivity contribution in [2.45, 2.75) is 26.7 Å². The summed E-state index contributed by atoms with van der Waals surface area (Å²) in [5.41, 5.74) is 0.435. The van der Waals surface area contributed by atoms with E-state index in [4.69, 9.17) is 4.74 Å². The molecule has 1 heterocycles. The van der Waals surface area contributed by atoms with Crippen molar-refractivity contribution in [3.63, 3.8) is 0 Å². The van der Waals surface area contributed by atoms with Gasteiger partial charge >= 0.3 is 5.69 Å². The molecular weight excluding hydrogens is 236 g/mol. The Morgan fingerprint density at radius 3 is 2.72 bits per heavy atom. The minimum atomic E-state index is -0.426. The van der Waals surface area contributed by atoms with E-state index in [0.29, 0.717) is 18.8 Å². The van der Waals surface area contributed by atoms with E-state index in [0.717, 1.165) is 6.54 Å². The number of nitrogens with zero attached hydrogens (tertiary/aromatic N) is 3. The first-order valence-electron chi connectivity index (χ1n) is 6.03. The Balaban J connectivity index is 2.92. The molecule has 102 valence electrons. The quantitative estimate of drug-likeness (QED) is 0.453. The average Bonchev–Trinajstić information content (AvgIpc) is 2.62. The monoisotopic (exact) mass is 256 g/mol. The molecule has 1 aromatic heterocycles. The summed E-state index contributed by atoms with van der Waals surface area (Å²) >= 11 is 0. The first-order valence-corrected chi connectivity index (χ1v) is 6.03. The summed E-state index contributed by atoms with van der Waals surface area (Å²) in [4.78, 5) is 10.7. The Bertz CT molecular complexity index is 415. The van der Waals surface area contributed by atoms with Crippen LogP contribution in [0.3, 0.4) is 0 Å². The number of nitrogens with one attached hydrogen (secondary N) is 1. The van der Waals surface area contributed by atoms with Crippen molar-refractivity contribution >= 4 is 5.69 Å². The van der Waals surface area contributed by atoms with Crippen molar-refractivity contribution < 1.29 is 9.66 Å². The molecule has 18 heavy (non-hydrogen) atoms. The maximum atomic E-state index is 11.1. The molecule has 0 radical (unpaired) electrons. The van der Waals surface area contributed by atoms with Gasteiger partial charge in [0.2, 0.25) is 0 Å². The molecule has 0 bridgehead atoms. The molecule has 1 aromatic rings. The SMILES string of the molecule is CCNCCOc1c([N+](=O)[O-])c(C(C)C)nn1C. The summed E-state index contributed by atoms with van der Waals surface area (Å²) in [6.07, 6.45) is 0. The van der Waals surface area contributed by atoms with E-state index in [2.05, 4.69) is 10.4 Å². The van der Waals surface area contributed by atoms with Gasteiger partial charge < -0.3 is 10.1 Å². The molecule has 0 unspecified atom stereocenters. The van der Waals surface area contributed by atoms with Gasteiger partial charge in [-0.1, -0.05) is 20.8 Å². The lowest BCUT2D eigenvalue weighted by Crippen LogP contribution is -2.21. The first kappa shape index (κ1) is 14.4. The maximum absolute atomic E-state index is 11.1. The molecule has 7 heteroatoms. The summed E-state index contributed by atoms with van der Waals surface area (Å²) < 4.78 is 6.89. The predicted molar refractivity (Wildman–Crippen MR) is 68.0 cm³/mol. The van der Waals surface area contributed by atoms with Gasteiger partial charge in [-0.3, -0.25) is 10.1 Å². The zero-order valence-corrected chi connectivity index (χ0v) is 11.3. The molecule has 0 aliphatic heterocycles. The van der Waals surface area contributed by atoms with Crippen LogP contribution in [-0.4, -0.2) is 34.4 Å². The van der Waals surface area contributed by atoms with Gasteiger partial charge in [-0.15, -0.1) is 0 Å². The van der Waals surface area contributed by atoms with E-state index >= 15 is 0 Å². The molecule has 0 saturated heterocycles. The fourth-order valence-corrected chi connectivity index (χ4v) is 1.64. The largest absolute Gasteiger partial charge is 0.472 e. The number of hydrogen-bond donors (Lipinski definition) is 1. The van der Waals surface area contributed by atoms with Crippen LogP contribution in [-0.2, 0) is 7.05 Å². The number of hydrogen-bond acceptors (Lipinski definition) is 5. The molecule has 0 atom stereocenters. The standard InChI is InChI=1S/C11H20N4O3/c1-5-12-6-7-18-11-10(15(16)17)9(8(2)3)13-14(11)4/h8,12H,5-7H2,1-4H3. The third kappa shape index (κ3) is 3.19. The third-order valence-electron chi connectivity index (χ3n) is 2.49. The summed E-state index contributed by atoms with van der Waals surface area (Å²) in [5.74, 6) is 0.212. The van der Waals surface area contributed by atoms with Crippen LogP contribution in [0.1, 0.15) is 32.4 Å². The molecule has 1 N–H and O–H groups in total. The van der Waals surface area contributed by atoms with Gasteiger partial charge in [0, 0.05) is 19.5 Å². The number of rotatable bonds is 7. The smallest absolute Gasteiger partial charge is 0.353 e. The number of aromatic nitrogens is 2. The lowest BCUT2D eigenvalue weighted by molar-refractivity contribution is -0.386. The molecule has 0 fully saturated rings. The second-order valence-electron chi connectivity index (χ2n) is 4.28. The van der Waals surface area contributed by atoms with Crippen molar-refractivity contribution in [2.24, 2.45) is 7.05 Å². The Morgan fingerprint density at radius 1 is 1.56 bits per heavy atom. The zero-order chi connectivity index (χ0) is 13.7. The Hall–Kier alpha value is -1.63. The van der Waals surface area contributed by atoms with E-state index in [9.17, 15) is 10.1 Å². The van der Waals surface area contributed by atoms with Crippen LogP contribution in [0.4, 0.5) is 5.69 Å². The summed E-state index contributed by atoms with van der Waals surface area (Å²) in [6, 6.07) is 0. The highest BCUT2D eigenvalue weighted by atomic mass is 16.6. The molecule has 0 amide bonds. The van der Waals surface area contributed by atoms with Crippen LogP contribution < -0.4 is 10.1 Å². The van der Waals surface area contributed by atoms with Gasteiger partial charge in [-0.25, -0.2) is 4.68 Å². The summed E-state index contributed by atoms with van der Waals surface area (Å²) in [6.45, 7) is 7.61. The number of likely N-dealkylation sites (N-methyl/N-ethyl adjacent to an activating group) is 1. The lowest BCUT2D eigenvalue weighted by Gasteiger charge is -2.05. The van der Waals surface area contributed by atoms with E-state index in [-0.39, 0.29) is 17.5 Å². The Morgan fingerprint density at radius 2 is 2.22 bits per heavy atom. The van der Waals surface area contributed by atoms with Gasteiger partial charge in [0.05, 0.1) is 4.92 Å². The topological polar surface area (TPSA) is 82.2 Å². The number of aryl methyl sites for hydroxylation is 1. The second-order valence-corrected chi connectivity index (χ2v) is 4.28. The molecule has 0 aliphatic rings. The van der Waals surface area contributed by atoms with Crippen molar-refractivity contribution in [1.29, 1.82) is 0 Å². The minimum absolute atomic E-state index is 0.0114. The normalized spacial score (nSPS) is 10.9. The molecular formula is C11H20N4O3. The molecule has 0 aromatic carbocycles. The second kappa shape index (κ2) is 6.34. The van der Waals surface area contributed by atoms with Crippen LogP contribution in [0, 0.1) is 10.1 Å². The van der Waals surface area contributed by atoms with E-state index in [1.807, 2.05) is 20.8 Å². The summed E-state index contributed by atoms with van der Waals surface area (Å²) in [7, 11) is 1.65. The maximum Gasteiger partial charge on any atom is 0.353 e. The van der Waals surface area contributed by atoms with Gasteiger partial charge in [-0.2, -0.15) is 5.10 Å². The van der Waals surface area contributed by atoms with Crippen LogP contribution in [0.2, 0.25) is 0 Å². The molecule has 0 saturated carbocycles. The highest BCUT2D eigenvalue weighted by Gasteiger charge is 2.29. The van der Waals surface area contributed by atoms with Crippen LogP contribution in [0.5, 0.6) is 5.88 Å². The Kier molecular flexibility index (Phi) is 5.08. The van der Waals surface area contributed by atoms with Crippen LogP contribution in [0.15, 0.2) is 0 Å². The fourth-order valence-electron chi connectivity index (χ4n) is 1.64. The van der Waals surface area contributed by atoms with Crippen molar-refractivity contribution in [3.05, 3.63) is 15.8 Å². The first-order chi connectivity index (χ1) is 8.49. The van der Waals surface area contributed by atoms with Gasteiger partial charge in [0.25, 0.3) is 5.88 Å². The number of ether oxygens (including phenoxy) is 1. The number of nitro groups is 1. The molecule has 7 nitrogen and oxygen atoms in total. The zero-order valence-electron chi connectivity index (χ0n) is 11.3. The van der Waals surface area contributed by atoms with Crippen LogP contribution in [0.25, 0.3) is 0 Å². The molecule has 0 aliphatic carbocycles. The van der Waals surface area contributed by atoms with E-state index < -0.39 is 4.92 Å². The lowest BCUT2D eigenvalue weighted by atomic mass is 10.1. The third-order valence-corrected chi connectivity index (χ3v) is 2.49. The van der Waals surface area contributed by atoms with Gasteiger partial charge in [0.15, 0.2) is 0 Å². The van der Waals surface area contributed by atoms with E-state index in [1.54, 1.807) is 7.05 Å². The van der Waals surface area contributed by atoms with Crippen molar-refractivity contribution in [3.8, 4) is 5.88 Å². The summed E-state index contributed by atoms with van der Waals surface area (Å²) in [5, 5.41) is 18.4. The van der Waals surface area contributed by atoms with Gasteiger partial charge in [-0.05, 0) is 6.54 Å². The molecule has 0 spiro atoms. The highest BCUT2D eigenvalue weighted by Crippen LogP contribution is 2.34. The van der Waals surface area contributed by atoms with Gasteiger partial charge in [0.1, 0.15) is 12.3 Å². The minimum Gasteiger partial charge on any atom is -0.472 e. The Labute approximate surface area is 106 Å².